The van der Waals surface area contributed by atoms with Crippen LogP contribution in [-0.4, -0.2) is 44.7 Å². The zero-order chi connectivity index (χ0) is 15.3. The van der Waals surface area contributed by atoms with Gasteiger partial charge in [0.25, 0.3) is 5.91 Å². The van der Waals surface area contributed by atoms with E-state index in [2.05, 4.69) is 15.3 Å². The third kappa shape index (κ3) is 4.47. The highest BCUT2D eigenvalue weighted by molar-refractivity contribution is 5.95. The molecule has 0 aliphatic heterocycles. The van der Waals surface area contributed by atoms with E-state index in [0.717, 1.165) is 0 Å². The Morgan fingerprint density at radius 2 is 2.05 bits per heavy atom. The Hall–Kier alpha value is -2.22. The lowest BCUT2D eigenvalue weighted by Crippen LogP contribution is -2.43. The van der Waals surface area contributed by atoms with E-state index in [1.807, 2.05) is 13.8 Å². The summed E-state index contributed by atoms with van der Waals surface area (Å²) in [5.74, 6) is -1.77. The fourth-order valence-electron chi connectivity index (χ4n) is 1.57. The molecule has 5 N–H and O–H groups in total. The Bertz CT molecular complexity index is 504. The summed E-state index contributed by atoms with van der Waals surface area (Å²) in [7, 11) is 0. The zero-order valence-corrected chi connectivity index (χ0v) is 11.3. The molecule has 8 heteroatoms. The SMILES string of the molecule is CC(C)Cc1cc(C(=O)N[C@@H](CO)C(=O)O)nc(N)n1. The number of hydrogen-bond donors (Lipinski definition) is 4. The van der Waals surface area contributed by atoms with Gasteiger partial charge < -0.3 is 21.3 Å². The van der Waals surface area contributed by atoms with Crippen LogP contribution in [0.15, 0.2) is 6.07 Å². The number of rotatable bonds is 6. The molecular weight excluding hydrogens is 264 g/mol. The van der Waals surface area contributed by atoms with E-state index in [-0.39, 0.29) is 11.6 Å². The maximum absolute atomic E-state index is 11.9. The summed E-state index contributed by atoms with van der Waals surface area (Å²) in [6, 6.07) is 0.0781. The van der Waals surface area contributed by atoms with E-state index < -0.39 is 24.5 Å². The summed E-state index contributed by atoms with van der Waals surface area (Å²) < 4.78 is 0. The highest BCUT2D eigenvalue weighted by Gasteiger charge is 2.21. The fraction of sp³-hybridized carbons (Fsp3) is 0.500. The van der Waals surface area contributed by atoms with E-state index in [9.17, 15) is 9.59 Å². The molecule has 0 saturated heterocycles. The van der Waals surface area contributed by atoms with Crippen LogP contribution in [0, 0.1) is 5.92 Å². The predicted molar refractivity (Wildman–Crippen MR) is 71.0 cm³/mol. The van der Waals surface area contributed by atoms with Gasteiger partial charge in [0.2, 0.25) is 5.95 Å². The Labute approximate surface area is 116 Å². The number of nitrogens with two attached hydrogens (primary N) is 1. The van der Waals surface area contributed by atoms with Gasteiger partial charge in [-0.15, -0.1) is 0 Å². The van der Waals surface area contributed by atoms with Crippen LogP contribution in [-0.2, 0) is 11.2 Å². The largest absolute Gasteiger partial charge is 0.480 e. The summed E-state index contributed by atoms with van der Waals surface area (Å²) in [4.78, 5) is 30.4. The van der Waals surface area contributed by atoms with Crippen LogP contribution in [0.1, 0.15) is 30.0 Å². The average molecular weight is 282 g/mol. The number of aromatic nitrogens is 2. The van der Waals surface area contributed by atoms with Crippen LogP contribution in [0.2, 0.25) is 0 Å². The standard InChI is InChI=1S/C12H18N4O4/c1-6(2)3-7-4-8(16-12(13)14-7)10(18)15-9(5-17)11(19)20/h4,6,9,17H,3,5H2,1-2H3,(H,15,18)(H,19,20)(H2,13,14,16)/t9-/m0/s1. The van der Waals surface area contributed by atoms with Crippen LogP contribution in [0.4, 0.5) is 5.95 Å². The number of carbonyl (C=O) groups excluding carboxylic acids is 1. The molecule has 1 amide bonds. The van der Waals surface area contributed by atoms with Gasteiger partial charge in [-0.25, -0.2) is 14.8 Å². The molecule has 0 fully saturated rings. The van der Waals surface area contributed by atoms with Crippen molar-refractivity contribution in [2.45, 2.75) is 26.3 Å². The van der Waals surface area contributed by atoms with Gasteiger partial charge in [0.15, 0.2) is 6.04 Å². The number of carbonyl (C=O) groups is 2. The molecule has 0 aliphatic carbocycles. The average Bonchev–Trinajstić information content (AvgIpc) is 2.33. The molecule has 1 atom stereocenters. The van der Waals surface area contributed by atoms with Gasteiger partial charge in [0, 0.05) is 5.69 Å². The second-order valence-corrected chi connectivity index (χ2v) is 4.75. The summed E-state index contributed by atoms with van der Waals surface area (Å²) in [6.45, 7) is 3.27. The van der Waals surface area contributed by atoms with Gasteiger partial charge in [-0.2, -0.15) is 0 Å². The molecule has 0 saturated carbocycles. The molecule has 0 spiro atoms. The zero-order valence-electron chi connectivity index (χ0n) is 11.3. The maximum atomic E-state index is 11.9. The van der Waals surface area contributed by atoms with Crippen molar-refractivity contribution in [3.8, 4) is 0 Å². The monoisotopic (exact) mass is 282 g/mol. The van der Waals surface area contributed by atoms with E-state index in [1.54, 1.807) is 0 Å². The number of aliphatic carboxylic acids is 1. The van der Waals surface area contributed by atoms with Crippen LogP contribution in [0.3, 0.4) is 0 Å². The lowest BCUT2D eigenvalue weighted by molar-refractivity contribution is -0.140. The second kappa shape index (κ2) is 6.80. The summed E-state index contributed by atoms with van der Waals surface area (Å²) >= 11 is 0. The summed E-state index contributed by atoms with van der Waals surface area (Å²) in [5, 5.41) is 19.8. The number of aliphatic hydroxyl groups excluding tert-OH is 1. The quantitative estimate of drug-likeness (QED) is 0.548. The molecular formula is C12H18N4O4. The molecule has 0 unspecified atom stereocenters. The van der Waals surface area contributed by atoms with Crippen LogP contribution in [0.5, 0.6) is 0 Å². The Kier molecular flexibility index (Phi) is 5.39. The smallest absolute Gasteiger partial charge is 0.328 e. The van der Waals surface area contributed by atoms with Crippen molar-refractivity contribution in [2.24, 2.45) is 5.92 Å². The molecule has 0 aliphatic rings. The molecule has 1 rings (SSSR count). The number of nitrogens with zero attached hydrogens (tertiary/aromatic N) is 2. The van der Waals surface area contributed by atoms with E-state index in [0.29, 0.717) is 18.0 Å². The third-order valence-electron chi connectivity index (χ3n) is 2.43. The number of amides is 1. The van der Waals surface area contributed by atoms with Crippen molar-refractivity contribution in [1.82, 2.24) is 15.3 Å². The van der Waals surface area contributed by atoms with Crippen molar-refractivity contribution in [3.63, 3.8) is 0 Å². The van der Waals surface area contributed by atoms with Gasteiger partial charge in [-0.3, -0.25) is 4.79 Å². The van der Waals surface area contributed by atoms with Gasteiger partial charge in [-0.1, -0.05) is 13.8 Å². The minimum absolute atomic E-state index is 0.0205. The molecule has 1 aromatic heterocycles. The number of anilines is 1. The topological polar surface area (TPSA) is 138 Å². The van der Waals surface area contributed by atoms with Crippen LogP contribution in [0.25, 0.3) is 0 Å². The first-order chi connectivity index (χ1) is 9.33. The van der Waals surface area contributed by atoms with Crippen LogP contribution < -0.4 is 11.1 Å². The van der Waals surface area contributed by atoms with Gasteiger partial charge in [0.05, 0.1) is 6.61 Å². The maximum Gasteiger partial charge on any atom is 0.328 e. The minimum Gasteiger partial charge on any atom is -0.480 e. The van der Waals surface area contributed by atoms with Gasteiger partial charge in [0.1, 0.15) is 5.69 Å². The molecule has 0 bridgehead atoms. The molecule has 1 aromatic rings. The first-order valence-corrected chi connectivity index (χ1v) is 6.11. The lowest BCUT2D eigenvalue weighted by atomic mass is 10.1. The normalized spacial score (nSPS) is 12.2. The van der Waals surface area contributed by atoms with Crippen molar-refractivity contribution < 1.29 is 19.8 Å². The number of carboxylic acids is 1. The van der Waals surface area contributed by atoms with Crippen molar-refractivity contribution >= 4 is 17.8 Å². The van der Waals surface area contributed by atoms with E-state index in [4.69, 9.17) is 15.9 Å². The highest BCUT2D eigenvalue weighted by atomic mass is 16.4. The highest BCUT2D eigenvalue weighted by Crippen LogP contribution is 2.09. The first-order valence-electron chi connectivity index (χ1n) is 6.11. The van der Waals surface area contributed by atoms with Crippen molar-refractivity contribution in [1.29, 1.82) is 0 Å². The van der Waals surface area contributed by atoms with Crippen LogP contribution >= 0.6 is 0 Å². The fourth-order valence-corrected chi connectivity index (χ4v) is 1.57. The summed E-state index contributed by atoms with van der Waals surface area (Å²) in [6.07, 6.45) is 0.620. The number of carboxylic acid groups (broad SMARTS) is 1. The molecule has 1 heterocycles. The Morgan fingerprint density at radius 3 is 2.55 bits per heavy atom. The number of aliphatic hydroxyl groups is 1. The minimum atomic E-state index is -1.38. The Morgan fingerprint density at radius 1 is 1.40 bits per heavy atom. The van der Waals surface area contributed by atoms with E-state index >= 15 is 0 Å². The second-order valence-electron chi connectivity index (χ2n) is 4.75. The predicted octanol–water partition coefficient (Wildman–Crippen LogP) is -0.567. The van der Waals surface area contributed by atoms with Crippen molar-refractivity contribution in [3.05, 3.63) is 17.5 Å². The molecule has 20 heavy (non-hydrogen) atoms. The number of hydrogen-bond acceptors (Lipinski definition) is 6. The summed E-state index contributed by atoms with van der Waals surface area (Å²) in [5.41, 5.74) is 6.11. The molecule has 8 nitrogen and oxygen atoms in total. The number of nitrogens with one attached hydrogen (secondary N) is 1. The molecule has 0 radical (unpaired) electrons. The van der Waals surface area contributed by atoms with Crippen molar-refractivity contribution in [2.75, 3.05) is 12.3 Å². The number of nitrogen functional groups attached to an aromatic ring is 1. The Balaban J connectivity index is 2.92. The molecule has 110 valence electrons. The van der Waals surface area contributed by atoms with Gasteiger partial charge in [-0.05, 0) is 18.4 Å². The lowest BCUT2D eigenvalue weighted by Gasteiger charge is -2.12. The molecule has 0 aromatic carbocycles. The third-order valence-corrected chi connectivity index (χ3v) is 2.43. The first kappa shape index (κ1) is 15.8. The van der Waals surface area contributed by atoms with E-state index in [1.165, 1.54) is 6.07 Å². The van der Waals surface area contributed by atoms with Gasteiger partial charge >= 0.3 is 5.97 Å².